The molecule has 284 valence electrons. The minimum atomic E-state index is -1.28. The maximum absolute atomic E-state index is 14.5. The average molecular weight is 713 g/mol. The van der Waals surface area contributed by atoms with Gasteiger partial charge in [-0.15, -0.1) is 0 Å². The van der Waals surface area contributed by atoms with Crippen molar-refractivity contribution in [2.45, 2.75) is 144 Å². The molecule has 5 fully saturated rings. The van der Waals surface area contributed by atoms with Crippen LogP contribution in [0.3, 0.4) is 0 Å². The van der Waals surface area contributed by atoms with Crippen molar-refractivity contribution in [3.63, 3.8) is 0 Å². The highest BCUT2D eigenvalue weighted by Gasteiger charge is 2.71. The molecule has 0 unspecified atom stereocenters. The van der Waals surface area contributed by atoms with E-state index >= 15 is 0 Å². The van der Waals surface area contributed by atoms with E-state index in [4.69, 9.17) is 0 Å². The lowest BCUT2D eigenvalue weighted by Gasteiger charge is -2.41. The first-order valence-corrected chi connectivity index (χ1v) is 18.7. The number of piperidine rings is 2. The molecule has 13 nitrogen and oxygen atoms in total. The fourth-order valence-corrected chi connectivity index (χ4v) is 8.38. The van der Waals surface area contributed by atoms with Gasteiger partial charge in [-0.1, -0.05) is 82.6 Å². The average Bonchev–Trinajstić information content (AvgIpc) is 3.94. The Labute approximate surface area is 302 Å². The lowest BCUT2D eigenvalue weighted by atomic mass is 9.80. The first kappa shape index (κ1) is 38.7. The first-order chi connectivity index (χ1) is 23.3. The van der Waals surface area contributed by atoms with Crippen molar-refractivity contribution in [1.29, 1.82) is 0 Å². The number of likely N-dealkylation sites (tertiary alicyclic amines) is 2. The predicted molar refractivity (Wildman–Crippen MR) is 190 cm³/mol. The molecule has 3 saturated carbocycles. The van der Waals surface area contributed by atoms with Crippen molar-refractivity contribution >= 4 is 41.4 Å². The third-order valence-electron chi connectivity index (χ3n) is 12.2. The fraction of sp³-hybridized carbons (Fsp3) is 0.816. The van der Waals surface area contributed by atoms with Crippen LogP contribution in [0.5, 0.6) is 0 Å². The number of nitrogens with zero attached hydrogens (tertiary/aromatic N) is 2. The highest BCUT2D eigenvalue weighted by atomic mass is 16.2. The Morgan fingerprint density at radius 3 is 1.96 bits per heavy atom. The van der Waals surface area contributed by atoms with Gasteiger partial charge in [0.1, 0.15) is 17.6 Å². The SMILES string of the molecule is CC[C@@H]1C[C@@]1(NC(=O)[C@@H]1[C@@H]2[C@H](CN1C(=O)[C@@H](NC(=O)N[C@H](CN1C(=O)CC(C)(C)CC1=O)C(C)(C)C)C(C)(C)C)C2(C)C)C(=O)C(=O)NC1CC1. The molecule has 7 atom stereocenters. The molecule has 5 aliphatic rings. The van der Waals surface area contributed by atoms with Crippen LogP contribution in [0.2, 0.25) is 0 Å². The summed E-state index contributed by atoms with van der Waals surface area (Å²) in [7, 11) is 0. The summed E-state index contributed by atoms with van der Waals surface area (Å²) in [5.41, 5.74) is -3.22. The lowest BCUT2D eigenvalue weighted by molar-refractivity contribution is -0.153. The van der Waals surface area contributed by atoms with E-state index < -0.39 is 69.4 Å². The number of hydrogen-bond donors (Lipinski definition) is 4. The molecule has 0 aromatic carbocycles. The molecule has 0 spiro atoms. The van der Waals surface area contributed by atoms with E-state index in [0.29, 0.717) is 19.4 Å². The minimum Gasteiger partial charge on any atom is -0.347 e. The Hall–Kier alpha value is -3.51. The van der Waals surface area contributed by atoms with Gasteiger partial charge in [-0.2, -0.15) is 0 Å². The molecule has 0 radical (unpaired) electrons. The van der Waals surface area contributed by atoms with Crippen LogP contribution in [-0.2, 0) is 28.8 Å². The van der Waals surface area contributed by atoms with E-state index in [1.165, 1.54) is 4.90 Å². The Bertz CT molecular complexity index is 1480. The van der Waals surface area contributed by atoms with Crippen molar-refractivity contribution < 1.29 is 33.6 Å². The lowest BCUT2D eigenvalue weighted by Crippen LogP contribution is -2.63. The van der Waals surface area contributed by atoms with Crippen LogP contribution >= 0.6 is 0 Å². The summed E-state index contributed by atoms with van der Waals surface area (Å²) in [6.45, 7) is 21.4. The molecule has 0 aromatic heterocycles. The second-order valence-electron chi connectivity index (χ2n) is 19.5. The highest BCUT2D eigenvalue weighted by Crippen LogP contribution is 2.65. The number of nitrogens with one attached hydrogen (secondary N) is 4. The van der Waals surface area contributed by atoms with Crippen LogP contribution in [0, 0.1) is 39.4 Å². The molecule has 5 rings (SSSR count). The molecule has 2 saturated heterocycles. The number of imide groups is 1. The maximum Gasteiger partial charge on any atom is 0.315 e. The van der Waals surface area contributed by atoms with Crippen molar-refractivity contribution in [3.8, 4) is 0 Å². The van der Waals surface area contributed by atoms with E-state index in [9.17, 15) is 33.6 Å². The zero-order valence-corrected chi connectivity index (χ0v) is 32.5. The summed E-state index contributed by atoms with van der Waals surface area (Å²) in [6, 6.07) is -3.14. The zero-order valence-electron chi connectivity index (χ0n) is 32.5. The van der Waals surface area contributed by atoms with Gasteiger partial charge < -0.3 is 26.2 Å². The molecule has 4 N–H and O–H groups in total. The summed E-state index contributed by atoms with van der Waals surface area (Å²) >= 11 is 0. The molecule has 3 aliphatic carbocycles. The van der Waals surface area contributed by atoms with Gasteiger partial charge in [0.05, 0.1) is 6.04 Å². The Morgan fingerprint density at radius 2 is 1.47 bits per heavy atom. The number of carbonyl (C=O) groups is 7. The zero-order chi connectivity index (χ0) is 38.2. The molecule has 7 amide bonds. The van der Waals surface area contributed by atoms with Gasteiger partial charge in [0.2, 0.25) is 29.4 Å². The quantitative estimate of drug-likeness (QED) is 0.188. The predicted octanol–water partition coefficient (Wildman–Crippen LogP) is 2.91. The minimum absolute atomic E-state index is 0.00349. The van der Waals surface area contributed by atoms with Gasteiger partial charge in [0, 0.05) is 32.0 Å². The van der Waals surface area contributed by atoms with Crippen molar-refractivity contribution in [3.05, 3.63) is 0 Å². The maximum atomic E-state index is 14.5. The normalized spacial score (nSPS) is 30.5. The van der Waals surface area contributed by atoms with Crippen LogP contribution in [0.15, 0.2) is 0 Å². The third-order valence-corrected chi connectivity index (χ3v) is 12.2. The van der Waals surface area contributed by atoms with Crippen LogP contribution in [0.25, 0.3) is 0 Å². The molecule has 0 bridgehead atoms. The molecular formula is C38H60N6O7. The van der Waals surface area contributed by atoms with E-state index in [0.717, 1.165) is 12.8 Å². The molecule has 51 heavy (non-hydrogen) atoms. The molecule has 2 heterocycles. The topological polar surface area (TPSA) is 174 Å². The van der Waals surface area contributed by atoms with E-state index in [2.05, 4.69) is 35.1 Å². The van der Waals surface area contributed by atoms with Gasteiger partial charge >= 0.3 is 6.03 Å². The van der Waals surface area contributed by atoms with Gasteiger partial charge in [-0.3, -0.25) is 33.7 Å². The number of Topliss-reactive ketones (excluding diaryl/α,β-unsaturated/α-hetero) is 1. The third kappa shape index (κ3) is 7.68. The first-order valence-electron chi connectivity index (χ1n) is 18.7. The highest BCUT2D eigenvalue weighted by molar-refractivity contribution is 6.41. The molecular weight excluding hydrogens is 652 g/mol. The summed E-state index contributed by atoms with van der Waals surface area (Å²) in [5.74, 6) is -2.97. The van der Waals surface area contributed by atoms with Gasteiger partial charge in [-0.05, 0) is 58.7 Å². The van der Waals surface area contributed by atoms with Crippen LogP contribution < -0.4 is 21.3 Å². The van der Waals surface area contributed by atoms with Crippen LogP contribution in [0.4, 0.5) is 4.79 Å². The smallest absolute Gasteiger partial charge is 0.315 e. The Balaban J connectivity index is 1.32. The van der Waals surface area contributed by atoms with Crippen LogP contribution in [0.1, 0.15) is 115 Å². The second-order valence-corrected chi connectivity index (χ2v) is 19.5. The molecule has 0 aromatic rings. The van der Waals surface area contributed by atoms with E-state index in [1.807, 2.05) is 62.3 Å². The number of rotatable bonds is 11. The largest absolute Gasteiger partial charge is 0.347 e. The summed E-state index contributed by atoms with van der Waals surface area (Å²) < 4.78 is 0. The number of amides is 7. The Kier molecular flexibility index (Phi) is 9.76. The number of urea groups is 1. The Morgan fingerprint density at radius 1 is 0.882 bits per heavy atom. The molecule has 13 heteroatoms. The van der Waals surface area contributed by atoms with Gasteiger partial charge in [-0.25, -0.2) is 4.79 Å². The standard InChI is InChI=1S/C38H60N6O7/c1-12-20-15-38(20,29(47)31(49)39-21-13-14-21)42-30(48)27-26-22(37(26,10)11)18-44(27)32(50)28(35(5,6)7)41-33(51)40-23(34(2,3)4)19-43-24(45)16-36(8,9)17-25(43)46/h20-23,26-28H,12-19H2,1-11H3,(H,39,49)(H,42,48)(H2,40,41,51)/t20-,22+,23-,26+,27+,28-,38+/m1/s1. The monoisotopic (exact) mass is 712 g/mol. The number of hydrogen-bond acceptors (Lipinski definition) is 7. The van der Waals surface area contributed by atoms with Gasteiger partial charge in [0.25, 0.3) is 5.91 Å². The number of ketones is 1. The van der Waals surface area contributed by atoms with Crippen LogP contribution in [-0.4, -0.2) is 93.9 Å². The second kappa shape index (κ2) is 12.9. The van der Waals surface area contributed by atoms with Gasteiger partial charge in [0.15, 0.2) is 0 Å². The van der Waals surface area contributed by atoms with Crippen molar-refractivity contribution in [2.75, 3.05) is 13.1 Å². The van der Waals surface area contributed by atoms with Crippen molar-refractivity contribution in [2.24, 2.45) is 39.4 Å². The summed E-state index contributed by atoms with van der Waals surface area (Å²) in [4.78, 5) is 97.5. The summed E-state index contributed by atoms with van der Waals surface area (Å²) in [6.07, 6.45) is 3.12. The molecule has 2 aliphatic heterocycles. The van der Waals surface area contributed by atoms with E-state index in [-0.39, 0.29) is 60.4 Å². The fourth-order valence-electron chi connectivity index (χ4n) is 8.38. The number of fused-ring (bicyclic) bond motifs is 1. The number of carbonyl (C=O) groups excluding carboxylic acids is 7. The van der Waals surface area contributed by atoms with Crippen molar-refractivity contribution in [1.82, 2.24) is 31.1 Å². The van der Waals surface area contributed by atoms with E-state index in [1.54, 1.807) is 4.90 Å². The summed E-state index contributed by atoms with van der Waals surface area (Å²) in [5, 5.41) is 11.6.